The van der Waals surface area contributed by atoms with Gasteiger partial charge in [-0.1, -0.05) is 23.8 Å². The van der Waals surface area contributed by atoms with Crippen LogP contribution in [0.5, 0.6) is 0 Å². The molecule has 0 aromatic heterocycles. The average molecular weight is 290 g/mol. The Bertz CT molecular complexity index is 608. The van der Waals surface area contributed by atoms with Gasteiger partial charge in [0.2, 0.25) is 0 Å². The van der Waals surface area contributed by atoms with Gasteiger partial charge in [-0.2, -0.15) is 0 Å². The highest BCUT2D eigenvalue weighted by molar-refractivity contribution is 7.80. The molecule has 0 fully saturated rings. The number of hydrogen-bond acceptors (Lipinski definition) is 3. The van der Waals surface area contributed by atoms with Crippen LogP contribution in [0.2, 0.25) is 0 Å². The van der Waals surface area contributed by atoms with Gasteiger partial charge in [-0.15, -0.1) is 0 Å². The summed E-state index contributed by atoms with van der Waals surface area (Å²) in [4.78, 5) is 12.1. The van der Waals surface area contributed by atoms with Crippen LogP contribution in [0.15, 0.2) is 29.5 Å². The number of allylic oxidation sites excluding steroid dienone is 1. The smallest absolute Gasteiger partial charge is 0.337 e. The molecule has 1 aliphatic rings. The normalized spacial score (nSPS) is 18.4. The van der Waals surface area contributed by atoms with E-state index in [0.717, 1.165) is 22.4 Å². The summed E-state index contributed by atoms with van der Waals surface area (Å²) >= 11 is 5.20. The molecule has 2 rings (SSSR count). The minimum atomic E-state index is -0.351. The highest BCUT2D eigenvalue weighted by Gasteiger charge is 2.31. The summed E-state index contributed by atoms with van der Waals surface area (Å²) in [5.74, 6) is -0.351. The molecule has 2 N–H and O–H groups in total. The number of rotatable bonds is 2. The lowest BCUT2D eigenvalue weighted by atomic mass is 9.91. The molecule has 20 heavy (non-hydrogen) atoms. The monoisotopic (exact) mass is 290 g/mol. The molecule has 1 aliphatic heterocycles. The minimum Gasteiger partial charge on any atom is -0.466 e. The fourth-order valence-electron chi connectivity index (χ4n) is 2.38. The SMILES string of the molecule is COC(=O)C1=C(C)NC(=S)NC1c1cc(C)ccc1C. The predicted octanol–water partition coefficient (Wildman–Crippen LogP) is 2.27. The van der Waals surface area contributed by atoms with Crippen molar-refractivity contribution < 1.29 is 9.53 Å². The highest BCUT2D eigenvalue weighted by atomic mass is 32.1. The highest BCUT2D eigenvalue weighted by Crippen LogP contribution is 2.30. The first kappa shape index (κ1) is 14.5. The molecule has 0 amide bonds. The fraction of sp³-hybridized carbons (Fsp3) is 0.333. The number of benzene rings is 1. The van der Waals surface area contributed by atoms with Crippen molar-refractivity contribution in [2.24, 2.45) is 0 Å². The van der Waals surface area contributed by atoms with E-state index in [1.165, 1.54) is 7.11 Å². The summed E-state index contributed by atoms with van der Waals surface area (Å²) in [7, 11) is 1.38. The summed E-state index contributed by atoms with van der Waals surface area (Å²) in [6, 6.07) is 5.88. The van der Waals surface area contributed by atoms with E-state index in [1.54, 1.807) is 0 Å². The molecule has 0 bridgehead atoms. The van der Waals surface area contributed by atoms with Crippen molar-refractivity contribution in [3.63, 3.8) is 0 Å². The Morgan fingerprint density at radius 1 is 1.30 bits per heavy atom. The van der Waals surface area contributed by atoms with Crippen molar-refractivity contribution in [3.8, 4) is 0 Å². The zero-order valence-electron chi connectivity index (χ0n) is 12.0. The van der Waals surface area contributed by atoms with Crippen LogP contribution in [0, 0.1) is 13.8 Å². The molecule has 4 nitrogen and oxygen atoms in total. The number of ether oxygens (including phenoxy) is 1. The molecule has 106 valence electrons. The Balaban J connectivity index is 2.56. The standard InChI is InChI=1S/C15H18N2O2S/c1-8-5-6-9(2)11(7-8)13-12(14(18)19-4)10(3)16-15(20)17-13/h5-7,13H,1-4H3,(H2,16,17,20). The van der Waals surface area contributed by atoms with E-state index < -0.39 is 0 Å². The van der Waals surface area contributed by atoms with Crippen LogP contribution in [-0.2, 0) is 9.53 Å². The summed E-state index contributed by atoms with van der Waals surface area (Å²) in [5.41, 5.74) is 4.57. The van der Waals surface area contributed by atoms with Crippen molar-refractivity contribution in [2.75, 3.05) is 7.11 Å². The van der Waals surface area contributed by atoms with E-state index in [2.05, 4.69) is 16.7 Å². The second-order valence-corrected chi connectivity index (χ2v) is 5.33. The molecule has 1 atom stereocenters. The molecule has 0 spiro atoms. The third-order valence-corrected chi connectivity index (χ3v) is 3.64. The van der Waals surface area contributed by atoms with E-state index in [0.29, 0.717) is 10.7 Å². The number of nitrogens with one attached hydrogen (secondary N) is 2. The van der Waals surface area contributed by atoms with Gasteiger partial charge in [0.25, 0.3) is 0 Å². The van der Waals surface area contributed by atoms with E-state index >= 15 is 0 Å². The van der Waals surface area contributed by atoms with E-state index in [9.17, 15) is 4.79 Å². The zero-order chi connectivity index (χ0) is 14.9. The van der Waals surface area contributed by atoms with Gasteiger partial charge in [-0.05, 0) is 44.1 Å². The number of carbonyl (C=O) groups is 1. The first-order valence-corrected chi connectivity index (χ1v) is 6.78. The van der Waals surface area contributed by atoms with Gasteiger partial charge in [-0.3, -0.25) is 0 Å². The molecular weight excluding hydrogens is 272 g/mol. The van der Waals surface area contributed by atoms with Crippen LogP contribution in [-0.4, -0.2) is 18.2 Å². The lowest BCUT2D eigenvalue weighted by Gasteiger charge is -2.30. The van der Waals surface area contributed by atoms with Crippen molar-refractivity contribution >= 4 is 23.3 Å². The number of aryl methyl sites for hydroxylation is 2. The predicted molar refractivity (Wildman–Crippen MR) is 82.2 cm³/mol. The summed E-state index contributed by atoms with van der Waals surface area (Å²) in [6.45, 7) is 5.88. The van der Waals surface area contributed by atoms with E-state index in [1.807, 2.05) is 32.9 Å². The molecule has 1 aromatic carbocycles. The maximum Gasteiger partial charge on any atom is 0.337 e. The Hall–Kier alpha value is -1.88. The first-order chi connectivity index (χ1) is 9.43. The molecule has 0 aliphatic carbocycles. The van der Waals surface area contributed by atoms with Crippen LogP contribution >= 0.6 is 12.2 Å². The molecule has 5 heteroatoms. The second-order valence-electron chi connectivity index (χ2n) is 4.92. The summed E-state index contributed by atoms with van der Waals surface area (Å²) < 4.78 is 4.90. The van der Waals surface area contributed by atoms with Crippen LogP contribution in [0.3, 0.4) is 0 Å². The molecule has 1 aromatic rings. The van der Waals surface area contributed by atoms with Crippen molar-refractivity contribution in [3.05, 3.63) is 46.2 Å². The molecule has 1 unspecified atom stereocenters. The lowest BCUT2D eigenvalue weighted by molar-refractivity contribution is -0.136. The van der Waals surface area contributed by atoms with E-state index in [-0.39, 0.29) is 12.0 Å². The molecule has 1 heterocycles. The van der Waals surface area contributed by atoms with Gasteiger partial charge < -0.3 is 15.4 Å². The van der Waals surface area contributed by atoms with Crippen molar-refractivity contribution in [2.45, 2.75) is 26.8 Å². The zero-order valence-corrected chi connectivity index (χ0v) is 12.9. The van der Waals surface area contributed by atoms with Crippen LogP contribution in [0.25, 0.3) is 0 Å². The minimum absolute atomic E-state index is 0.281. The third-order valence-electron chi connectivity index (χ3n) is 3.42. The summed E-state index contributed by atoms with van der Waals surface area (Å²) in [5, 5.41) is 6.65. The van der Waals surface area contributed by atoms with Crippen LogP contribution < -0.4 is 10.6 Å². The van der Waals surface area contributed by atoms with Gasteiger partial charge in [0.1, 0.15) is 0 Å². The summed E-state index contributed by atoms with van der Waals surface area (Å²) in [6.07, 6.45) is 0. The number of carbonyl (C=O) groups excluding carboxylic acids is 1. The second kappa shape index (κ2) is 5.63. The maximum atomic E-state index is 12.1. The number of hydrogen-bond donors (Lipinski definition) is 2. The quantitative estimate of drug-likeness (QED) is 0.646. The van der Waals surface area contributed by atoms with Crippen LogP contribution in [0.4, 0.5) is 0 Å². The Morgan fingerprint density at radius 3 is 2.65 bits per heavy atom. The number of esters is 1. The molecule has 0 saturated carbocycles. The number of thiocarbonyl (C=S) groups is 1. The Morgan fingerprint density at radius 2 is 2.00 bits per heavy atom. The van der Waals surface area contributed by atoms with Gasteiger partial charge in [0.05, 0.1) is 18.7 Å². The first-order valence-electron chi connectivity index (χ1n) is 6.37. The van der Waals surface area contributed by atoms with Gasteiger partial charge in [0.15, 0.2) is 5.11 Å². The van der Waals surface area contributed by atoms with Gasteiger partial charge in [0, 0.05) is 5.70 Å². The van der Waals surface area contributed by atoms with Crippen molar-refractivity contribution in [1.82, 2.24) is 10.6 Å². The van der Waals surface area contributed by atoms with Gasteiger partial charge in [-0.25, -0.2) is 4.79 Å². The fourth-order valence-corrected chi connectivity index (χ4v) is 2.65. The van der Waals surface area contributed by atoms with Crippen molar-refractivity contribution in [1.29, 1.82) is 0 Å². The average Bonchev–Trinajstić information content (AvgIpc) is 2.40. The molecule has 0 saturated heterocycles. The molecular formula is C15H18N2O2S. The van der Waals surface area contributed by atoms with Crippen LogP contribution in [0.1, 0.15) is 29.7 Å². The largest absolute Gasteiger partial charge is 0.466 e. The Kier molecular flexibility index (Phi) is 4.09. The molecule has 0 radical (unpaired) electrons. The maximum absolute atomic E-state index is 12.1. The van der Waals surface area contributed by atoms with E-state index in [4.69, 9.17) is 17.0 Å². The topological polar surface area (TPSA) is 50.4 Å². The number of methoxy groups -OCH3 is 1. The Labute approximate surface area is 124 Å². The lowest BCUT2D eigenvalue weighted by Crippen LogP contribution is -2.45. The van der Waals surface area contributed by atoms with Gasteiger partial charge >= 0.3 is 5.97 Å². The third kappa shape index (κ3) is 2.67.